The Morgan fingerprint density at radius 3 is 2.72 bits per heavy atom. The molecular weight excluding hydrogens is 470 g/mol. The molecule has 0 aliphatic heterocycles. The number of aryl methyl sites for hydroxylation is 1. The van der Waals surface area contributed by atoms with E-state index in [-0.39, 0.29) is 12.6 Å². The first kappa shape index (κ1) is 18.2. The summed E-state index contributed by atoms with van der Waals surface area (Å²) in [6.45, 7) is 2.39. The largest absolute Gasteiger partial charge is 0.471 e. The van der Waals surface area contributed by atoms with E-state index in [0.717, 1.165) is 20.4 Å². The van der Waals surface area contributed by atoms with Gasteiger partial charge < -0.3 is 10.1 Å². The van der Waals surface area contributed by atoms with Gasteiger partial charge in [-0.3, -0.25) is 4.79 Å². The molecule has 130 valence electrons. The molecule has 0 spiro atoms. The van der Waals surface area contributed by atoms with Gasteiger partial charge in [-0.2, -0.15) is 5.10 Å². The molecule has 0 bridgehead atoms. The Morgan fingerprint density at radius 1 is 1.32 bits per heavy atom. The highest BCUT2D eigenvalue weighted by Gasteiger charge is 2.13. The first-order chi connectivity index (χ1) is 12.0. The molecule has 2 heterocycles. The van der Waals surface area contributed by atoms with Crippen molar-refractivity contribution in [1.82, 2.24) is 9.78 Å². The van der Waals surface area contributed by atoms with Gasteiger partial charge in [0.1, 0.15) is 5.75 Å². The number of rotatable bonds is 6. The second-order valence-electron chi connectivity index (χ2n) is 5.23. The molecule has 0 unspecified atom stereocenters. The normalized spacial score (nSPS) is 10.7. The fourth-order valence-electron chi connectivity index (χ4n) is 2.11. The number of anilines is 1. The van der Waals surface area contributed by atoms with E-state index in [1.54, 1.807) is 23.1 Å². The summed E-state index contributed by atoms with van der Waals surface area (Å²) in [6, 6.07) is 9.75. The van der Waals surface area contributed by atoms with Gasteiger partial charge in [-0.25, -0.2) is 4.68 Å². The van der Waals surface area contributed by atoms with E-state index in [0.29, 0.717) is 10.6 Å². The molecule has 3 rings (SSSR count). The molecule has 0 radical (unpaired) electrons. The predicted molar refractivity (Wildman–Crippen MR) is 106 cm³/mol. The third kappa shape index (κ3) is 4.71. The minimum atomic E-state index is -0.174. The highest BCUT2D eigenvalue weighted by Crippen LogP contribution is 2.32. The molecule has 5 nitrogen and oxygen atoms in total. The number of halogens is 2. The van der Waals surface area contributed by atoms with Gasteiger partial charge in [0.2, 0.25) is 0 Å². The van der Waals surface area contributed by atoms with Gasteiger partial charge in [0.25, 0.3) is 5.91 Å². The van der Waals surface area contributed by atoms with Gasteiger partial charge in [-0.05, 0) is 62.0 Å². The standard InChI is InChI=1S/C17H15Br2N3O2S/c1-2-11-3-5-13(6-4-11)24-10-22-9-12(8-20-22)21-17(23)15-7-14(18)16(19)25-15/h3-9H,2,10H2,1H3,(H,21,23). The molecule has 8 heteroatoms. The third-order valence-electron chi connectivity index (χ3n) is 3.46. The van der Waals surface area contributed by atoms with Crippen LogP contribution in [0.4, 0.5) is 5.69 Å². The molecular formula is C17H15Br2N3O2S. The fourth-order valence-corrected chi connectivity index (χ4v) is 4.04. The molecule has 3 aromatic rings. The average molecular weight is 485 g/mol. The maximum Gasteiger partial charge on any atom is 0.265 e. The van der Waals surface area contributed by atoms with Gasteiger partial charge >= 0.3 is 0 Å². The summed E-state index contributed by atoms with van der Waals surface area (Å²) in [5.41, 5.74) is 1.89. The quantitative estimate of drug-likeness (QED) is 0.515. The lowest BCUT2D eigenvalue weighted by Crippen LogP contribution is -2.09. The summed E-state index contributed by atoms with van der Waals surface area (Å²) in [5.74, 6) is 0.610. The summed E-state index contributed by atoms with van der Waals surface area (Å²) in [6.07, 6.45) is 4.33. The van der Waals surface area contributed by atoms with Gasteiger partial charge in [-0.15, -0.1) is 11.3 Å². The van der Waals surface area contributed by atoms with Gasteiger partial charge in [0.15, 0.2) is 6.73 Å². The lowest BCUT2D eigenvalue weighted by Gasteiger charge is -2.06. The molecule has 1 N–H and O–H groups in total. The van der Waals surface area contributed by atoms with Crippen LogP contribution >= 0.6 is 43.2 Å². The molecule has 1 amide bonds. The molecule has 0 fully saturated rings. The number of nitrogens with zero attached hydrogens (tertiary/aromatic N) is 2. The number of ether oxygens (including phenoxy) is 1. The SMILES string of the molecule is CCc1ccc(OCn2cc(NC(=O)c3cc(Br)c(Br)s3)cn2)cc1. The number of hydrogen-bond acceptors (Lipinski definition) is 4. The third-order valence-corrected chi connectivity index (χ3v) is 6.71. The van der Waals surface area contributed by atoms with E-state index in [1.807, 2.05) is 24.3 Å². The number of aromatic nitrogens is 2. The summed E-state index contributed by atoms with van der Waals surface area (Å²) in [5, 5.41) is 7.02. The van der Waals surface area contributed by atoms with E-state index < -0.39 is 0 Å². The van der Waals surface area contributed by atoms with Crippen LogP contribution in [0.5, 0.6) is 5.75 Å². The first-order valence-electron chi connectivity index (χ1n) is 7.55. The number of thiophene rings is 1. The van der Waals surface area contributed by atoms with Gasteiger partial charge in [-0.1, -0.05) is 19.1 Å². The van der Waals surface area contributed by atoms with Crippen molar-refractivity contribution < 1.29 is 9.53 Å². The molecule has 0 atom stereocenters. The highest BCUT2D eigenvalue weighted by atomic mass is 79.9. The predicted octanol–water partition coefficient (Wildman–Crippen LogP) is 5.32. The number of nitrogens with one attached hydrogen (secondary N) is 1. The van der Waals surface area contributed by atoms with E-state index in [1.165, 1.54) is 16.9 Å². The zero-order valence-electron chi connectivity index (χ0n) is 13.3. The zero-order valence-corrected chi connectivity index (χ0v) is 17.3. The zero-order chi connectivity index (χ0) is 17.8. The molecule has 0 aliphatic rings. The highest BCUT2D eigenvalue weighted by molar-refractivity contribution is 9.13. The maximum absolute atomic E-state index is 12.2. The Balaban J connectivity index is 1.57. The van der Waals surface area contributed by atoms with Crippen molar-refractivity contribution in [2.75, 3.05) is 5.32 Å². The van der Waals surface area contributed by atoms with E-state index in [9.17, 15) is 4.79 Å². The Morgan fingerprint density at radius 2 is 2.08 bits per heavy atom. The molecule has 25 heavy (non-hydrogen) atoms. The van der Waals surface area contributed by atoms with E-state index >= 15 is 0 Å². The van der Waals surface area contributed by atoms with Crippen LogP contribution < -0.4 is 10.1 Å². The smallest absolute Gasteiger partial charge is 0.265 e. The van der Waals surface area contributed by atoms with Gasteiger partial charge in [0.05, 0.1) is 26.7 Å². The van der Waals surface area contributed by atoms with Crippen LogP contribution in [0.1, 0.15) is 22.2 Å². The number of carbonyl (C=O) groups excluding carboxylic acids is 1. The van der Waals surface area contributed by atoms with Crippen molar-refractivity contribution in [2.24, 2.45) is 0 Å². The van der Waals surface area contributed by atoms with Gasteiger partial charge in [0, 0.05) is 4.47 Å². The van der Waals surface area contributed by atoms with Crippen LogP contribution in [0, 0.1) is 0 Å². The van der Waals surface area contributed by atoms with E-state index in [2.05, 4.69) is 49.2 Å². The van der Waals surface area contributed by atoms with Crippen molar-refractivity contribution in [3.8, 4) is 5.75 Å². The summed E-state index contributed by atoms with van der Waals surface area (Å²) in [7, 11) is 0. The minimum absolute atomic E-state index is 0.174. The van der Waals surface area contributed by atoms with Crippen LogP contribution in [0.3, 0.4) is 0 Å². The van der Waals surface area contributed by atoms with Crippen LogP contribution in [0.25, 0.3) is 0 Å². The molecule has 0 aliphatic carbocycles. The lowest BCUT2D eigenvalue weighted by atomic mass is 10.2. The molecule has 0 saturated carbocycles. The summed E-state index contributed by atoms with van der Waals surface area (Å²) >= 11 is 8.13. The van der Waals surface area contributed by atoms with Crippen molar-refractivity contribution in [2.45, 2.75) is 20.1 Å². The van der Waals surface area contributed by atoms with Crippen molar-refractivity contribution in [3.63, 3.8) is 0 Å². The average Bonchev–Trinajstić information content (AvgIpc) is 3.20. The van der Waals surface area contributed by atoms with Crippen LogP contribution in [0.2, 0.25) is 0 Å². The maximum atomic E-state index is 12.2. The molecule has 0 saturated heterocycles. The lowest BCUT2D eigenvalue weighted by molar-refractivity contribution is 0.103. The number of amides is 1. The first-order valence-corrected chi connectivity index (χ1v) is 9.95. The number of benzene rings is 1. The van der Waals surface area contributed by atoms with Crippen molar-refractivity contribution >= 4 is 54.8 Å². The summed E-state index contributed by atoms with van der Waals surface area (Å²) in [4.78, 5) is 12.8. The minimum Gasteiger partial charge on any atom is -0.471 e. The second-order valence-corrected chi connectivity index (χ2v) is 8.45. The number of carbonyl (C=O) groups is 1. The Hall–Kier alpha value is -1.64. The Labute approximate surface area is 166 Å². The number of hydrogen-bond donors (Lipinski definition) is 1. The fraction of sp³-hybridized carbons (Fsp3) is 0.176. The Bertz CT molecular complexity index is 855. The van der Waals surface area contributed by atoms with Crippen LogP contribution in [-0.4, -0.2) is 15.7 Å². The van der Waals surface area contributed by atoms with Crippen molar-refractivity contribution in [3.05, 3.63) is 61.4 Å². The van der Waals surface area contributed by atoms with Crippen LogP contribution in [0.15, 0.2) is 51.0 Å². The Kier molecular flexibility index (Phi) is 5.93. The second kappa shape index (κ2) is 8.16. The monoisotopic (exact) mass is 483 g/mol. The van der Waals surface area contributed by atoms with E-state index in [4.69, 9.17) is 4.74 Å². The topological polar surface area (TPSA) is 56.1 Å². The summed E-state index contributed by atoms with van der Waals surface area (Å²) < 4.78 is 9.07. The molecule has 2 aromatic heterocycles. The van der Waals surface area contributed by atoms with Crippen molar-refractivity contribution in [1.29, 1.82) is 0 Å². The van der Waals surface area contributed by atoms with Crippen LogP contribution in [-0.2, 0) is 13.2 Å². The molecule has 1 aromatic carbocycles.